The minimum atomic E-state index is -1.19. The summed E-state index contributed by atoms with van der Waals surface area (Å²) in [6.45, 7) is 0. The van der Waals surface area contributed by atoms with Crippen molar-refractivity contribution < 1.29 is 23.9 Å². The fourth-order valence-electron chi connectivity index (χ4n) is 3.22. The van der Waals surface area contributed by atoms with Crippen LogP contribution in [0.5, 0.6) is 0 Å². The Bertz CT molecular complexity index is 556. The number of hydrogen-bond donors (Lipinski definition) is 0. The lowest BCUT2D eigenvalue weighted by Crippen LogP contribution is -2.39. The van der Waals surface area contributed by atoms with Crippen LogP contribution in [0.25, 0.3) is 0 Å². The van der Waals surface area contributed by atoms with Crippen molar-refractivity contribution >= 4 is 17.7 Å². The van der Waals surface area contributed by atoms with Crippen molar-refractivity contribution in [1.82, 2.24) is 4.98 Å². The van der Waals surface area contributed by atoms with E-state index in [4.69, 9.17) is 9.47 Å². The molecule has 6 nitrogen and oxygen atoms in total. The normalized spacial score (nSPS) is 19.3. The zero-order valence-corrected chi connectivity index (χ0v) is 13.4. The first-order chi connectivity index (χ1) is 11.1. The molecule has 0 bridgehead atoms. The van der Waals surface area contributed by atoms with Crippen molar-refractivity contribution in [3.05, 3.63) is 30.1 Å². The largest absolute Gasteiger partial charge is 0.468 e. The molecular formula is C17H21NO5. The van der Waals surface area contributed by atoms with E-state index in [1.807, 2.05) is 0 Å². The van der Waals surface area contributed by atoms with Crippen molar-refractivity contribution in [1.29, 1.82) is 0 Å². The second-order valence-electron chi connectivity index (χ2n) is 5.62. The van der Waals surface area contributed by atoms with Crippen LogP contribution in [0.15, 0.2) is 24.4 Å². The molecule has 1 fully saturated rings. The van der Waals surface area contributed by atoms with Crippen molar-refractivity contribution in [2.24, 2.45) is 11.8 Å². The molecule has 2 rings (SSSR count). The third-order valence-corrected chi connectivity index (χ3v) is 4.33. The van der Waals surface area contributed by atoms with Gasteiger partial charge in [-0.2, -0.15) is 0 Å². The van der Waals surface area contributed by atoms with E-state index in [-0.39, 0.29) is 5.78 Å². The molecule has 1 aromatic rings. The number of pyridine rings is 1. The summed E-state index contributed by atoms with van der Waals surface area (Å²) in [5.41, 5.74) is 0.536. The summed E-state index contributed by atoms with van der Waals surface area (Å²) in [6, 6.07) is 5.24. The summed E-state index contributed by atoms with van der Waals surface area (Å²) in [7, 11) is 2.44. The number of Topliss-reactive ketones (excluding diaryl/α,β-unsaturated/α-hetero) is 1. The predicted octanol–water partition coefficient (Wildman–Crippen LogP) is 1.89. The van der Waals surface area contributed by atoms with E-state index < -0.39 is 29.7 Å². The van der Waals surface area contributed by atoms with Gasteiger partial charge in [0.1, 0.15) is 5.78 Å². The number of carbonyl (C=O) groups excluding carboxylic acids is 3. The molecule has 1 aliphatic carbocycles. The Morgan fingerprint density at radius 2 is 1.87 bits per heavy atom. The summed E-state index contributed by atoms with van der Waals surface area (Å²) in [4.78, 5) is 41.1. The van der Waals surface area contributed by atoms with Gasteiger partial charge >= 0.3 is 11.9 Å². The van der Waals surface area contributed by atoms with Crippen LogP contribution < -0.4 is 0 Å². The Morgan fingerprint density at radius 1 is 1.17 bits per heavy atom. The predicted molar refractivity (Wildman–Crippen MR) is 81.5 cm³/mol. The Balaban J connectivity index is 2.48. The maximum absolute atomic E-state index is 12.4. The van der Waals surface area contributed by atoms with Gasteiger partial charge < -0.3 is 9.47 Å². The topological polar surface area (TPSA) is 82.6 Å². The van der Waals surface area contributed by atoms with Gasteiger partial charge in [-0.25, -0.2) is 0 Å². The Labute approximate surface area is 135 Å². The number of esters is 2. The van der Waals surface area contributed by atoms with E-state index in [0.717, 1.165) is 12.8 Å². The molecule has 6 heteroatoms. The Morgan fingerprint density at radius 3 is 2.39 bits per heavy atom. The van der Waals surface area contributed by atoms with E-state index >= 15 is 0 Å². The van der Waals surface area contributed by atoms with Gasteiger partial charge in [0.2, 0.25) is 0 Å². The first-order valence-electron chi connectivity index (χ1n) is 7.69. The molecule has 23 heavy (non-hydrogen) atoms. The summed E-state index contributed by atoms with van der Waals surface area (Å²) >= 11 is 0. The summed E-state index contributed by atoms with van der Waals surface area (Å²) in [5.74, 6) is -3.63. The fourth-order valence-corrected chi connectivity index (χ4v) is 3.22. The van der Waals surface area contributed by atoms with E-state index in [9.17, 15) is 14.4 Å². The molecule has 0 aromatic carbocycles. The molecule has 1 aliphatic rings. The molecule has 2 atom stereocenters. The molecular weight excluding hydrogens is 298 g/mol. The van der Waals surface area contributed by atoms with Gasteiger partial charge in [-0.3, -0.25) is 19.4 Å². The van der Waals surface area contributed by atoms with Gasteiger partial charge in [-0.15, -0.1) is 0 Å². The molecule has 0 N–H and O–H groups in total. The van der Waals surface area contributed by atoms with E-state index in [1.165, 1.54) is 14.2 Å². The van der Waals surface area contributed by atoms with E-state index in [2.05, 4.69) is 4.98 Å². The maximum atomic E-state index is 12.4. The highest BCUT2D eigenvalue weighted by Crippen LogP contribution is 2.39. The molecule has 0 saturated heterocycles. The monoisotopic (exact) mass is 319 g/mol. The highest BCUT2D eigenvalue weighted by Gasteiger charge is 2.45. The van der Waals surface area contributed by atoms with Gasteiger partial charge in [0.05, 0.1) is 14.2 Å². The van der Waals surface area contributed by atoms with Gasteiger partial charge in [0.15, 0.2) is 5.92 Å². The van der Waals surface area contributed by atoms with Crippen molar-refractivity contribution in [3.8, 4) is 0 Å². The fraction of sp³-hybridized carbons (Fsp3) is 0.529. The number of aromatic nitrogens is 1. The van der Waals surface area contributed by atoms with Crippen LogP contribution in [-0.4, -0.2) is 36.9 Å². The average Bonchev–Trinajstić information content (AvgIpc) is 2.60. The lowest BCUT2D eigenvalue weighted by Gasteiger charge is -2.32. The van der Waals surface area contributed by atoms with Crippen molar-refractivity contribution in [3.63, 3.8) is 0 Å². The van der Waals surface area contributed by atoms with Crippen LogP contribution in [0.1, 0.15) is 37.3 Å². The molecule has 0 unspecified atom stereocenters. The number of carbonyl (C=O) groups is 3. The second kappa shape index (κ2) is 7.85. The molecule has 0 amide bonds. The summed E-state index contributed by atoms with van der Waals surface area (Å²) in [5, 5.41) is 0. The number of ketones is 1. The minimum Gasteiger partial charge on any atom is -0.468 e. The Hall–Kier alpha value is -2.24. The first-order valence-corrected chi connectivity index (χ1v) is 7.69. The smallest absolute Gasteiger partial charge is 0.320 e. The zero-order valence-electron chi connectivity index (χ0n) is 13.4. The highest BCUT2D eigenvalue weighted by molar-refractivity contribution is 5.97. The standard InChI is InChI=1S/C17H21NO5/c1-22-16(20)15(17(21)23-2)14(12-8-5-6-10-18-12)11-7-3-4-9-13(11)19/h5-6,8,10-11,14-15H,3-4,7,9H2,1-2H3/t11-,14-/m1/s1. The highest BCUT2D eigenvalue weighted by atomic mass is 16.5. The molecule has 0 aliphatic heterocycles. The van der Waals surface area contributed by atoms with Crippen LogP contribution in [0.4, 0.5) is 0 Å². The van der Waals surface area contributed by atoms with Gasteiger partial charge in [0, 0.05) is 30.1 Å². The van der Waals surface area contributed by atoms with Crippen LogP contribution in [0, 0.1) is 11.8 Å². The van der Waals surface area contributed by atoms with E-state index in [0.29, 0.717) is 18.5 Å². The molecule has 1 aromatic heterocycles. The lowest BCUT2D eigenvalue weighted by molar-refractivity contribution is -0.161. The third kappa shape index (κ3) is 3.75. The maximum Gasteiger partial charge on any atom is 0.320 e. The SMILES string of the molecule is COC(=O)C(C(=O)OC)[C@@H](c1ccccn1)[C@@H]1CCCCC1=O. The average molecular weight is 319 g/mol. The summed E-state index contributed by atoms with van der Waals surface area (Å²) in [6.07, 6.45) is 4.40. The van der Waals surface area contributed by atoms with Crippen LogP contribution in [0.2, 0.25) is 0 Å². The van der Waals surface area contributed by atoms with Crippen LogP contribution in [-0.2, 0) is 23.9 Å². The quantitative estimate of drug-likeness (QED) is 0.609. The Kier molecular flexibility index (Phi) is 5.84. The first kappa shape index (κ1) is 17.1. The lowest BCUT2D eigenvalue weighted by atomic mass is 9.71. The summed E-state index contributed by atoms with van der Waals surface area (Å²) < 4.78 is 9.57. The number of rotatable bonds is 5. The van der Waals surface area contributed by atoms with Gasteiger partial charge in [-0.1, -0.05) is 12.5 Å². The third-order valence-electron chi connectivity index (χ3n) is 4.33. The molecule has 0 spiro atoms. The number of hydrogen-bond acceptors (Lipinski definition) is 6. The van der Waals surface area contributed by atoms with Crippen LogP contribution >= 0.6 is 0 Å². The molecule has 0 radical (unpaired) electrons. The number of methoxy groups -OCH3 is 2. The van der Waals surface area contributed by atoms with Crippen molar-refractivity contribution in [2.45, 2.75) is 31.6 Å². The van der Waals surface area contributed by atoms with Crippen molar-refractivity contribution in [2.75, 3.05) is 14.2 Å². The van der Waals surface area contributed by atoms with Crippen LogP contribution in [0.3, 0.4) is 0 Å². The molecule has 124 valence electrons. The number of ether oxygens (including phenoxy) is 2. The molecule has 1 heterocycles. The zero-order chi connectivity index (χ0) is 16.8. The minimum absolute atomic E-state index is 0.0599. The van der Waals surface area contributed by atoms with E-state index in [1.54, 1.807) is 24.4 Å². The van der Waals surface area contributed by atoms with Gasteiger partial charge in [0.25, 0.3) is 0 Å². The molecule has 1 saturated carbocycles. The van der Waals surface area contributed by atoms with Gasteiger partial charge in [-0.05, 0) is 25.0 Å². The second-order valence-corrected chi connectivity index (χ2v) is 5.62. The number of nitrogens with zero attached hydrogens (tertiary/aromatic N) is 1.